The second kappa shape index (κ2) is 11.0. The van der Waals surface area contributed by atoms with Gasteiger partial charge in [-0.05, 0) is 72.9 Å². The van der Waals surface area contributed by atoms with E-state index in [0.717, 1.165) is 28.6 Å². The number of nitrogens with zero attached hydrogens (tertiary/aromatic N) is 1. The summed E-state index contributed by atoms with van der Waals surface area (Å²) in [5, 5.41) is 3.34. The van der Waals surface area contributed by atoms with Crippen molar-refractivity contribution in [3.8, 4) is 0 Å². The van der Waals surface area contributed by atoms with Gasteiger partial charge in [-0.3, -0.25) is 0 Å². The number of halogens is 3. The zero-order valence-corrected chi connectivity index (χ0v) is 19.6. The van der Waals surface area contributed by atoms with Crippen LogP contribution in [0.15, 0.2) is 76.0 Å². The third-order valence-corrected chi connectivity index (χ3v) is 8.38. The molecule has 0 amide bonds. The van der Waals surface area contributed by atoms with Crippen molar-refractivity contribution in [2.75, 3.05) is 0 Å². The molecule has 2 aromatic rings. The van der Waals surface area contributed by atoms with Gasteiger partial charge in [0.05, 0.1) is 16.3 Å². The monoisotopic (exact) mass is 475 g/mol. The summed E-state index contributed by atoms with van der Waals surface area (Å²) in [6.07, 6.45) is 6.89. The van der Waals surface area contributed by atoms with Crippen molar-refractivity contribution in [1.82, 2.24) is 0 Å². The summed E-state index contributed by atoms with van der Waals surface area (Å²) in [7, 11) is 0. The highest BCUT2D eigenvalue weighted by Gasteiger charge is 2.33. The summed E-state index contributed by atoms with van der Waals surface area (Å²) >= 11 is 3.12. The average molecular weight is 476 g/mol. The second-order valence-corrected chi connectivity index (χ2v) is 10.9. The normalized spacial score (nSPS) is 24.5. The van der Waals surface area contributed by atoms with Crippen molar-refractivity contribution in [2.24, 2.45) is 16.8 Å². The molecule has 3 atom stereocenters. The molecule has 2 aromatic carbocycles. The highest BCUT2D eigenvalue weighted by molar-refractivity contribution is 8.15. The molecule has 4 rings (SSSR count). The Hall–Kier alpha value is -1.66. The molecule has 0 heterocycles. The standard InChI is InChI=1S/C26H28F3NS2/c27-26(28,29)21-9-6-12-23(18-21)31-16-15-25(30-22-10-2-1-3-11-22)32-24-14-13-19-7-4-5-8-20(19)17-24/h1-3,6,9-12,15-16,18-20,24H,4-5,7-8,13-14,17H2. The molecule has 0 aromatic heterocycles. The zero-order valence-electron chi connectivity index (χ0n) is 17.9. The Morgan fingerprint density at radius 2 is 1.69 bits per heavy atom. The fourth-order valence-corrected chi connectivity index (χ4v) is 6.79. The third-order valence-electron chi connectivity index (χ3n) is 6.35. The lowest BCUT2D eigenvalue weighted by Gasteiger charge is -2.39. The Morgan fingerprint density at radius 1 is 0.906 bits per heavy atom. The van der Waals surface area contributed by atoms with Crippen molar-refractivity contribution < 1.29 is 13.2 Å². The van der Waals surface area contributed by atoms with Crippen LogP contribution in [0.5, 0.6) is 0 Å². The van der Waals surface area contributed by atoms with Crippen molar-refractivity contribution in [2.45, 2.75) is 61.3 Å². The maximum atomic E-state index is 13.0. The Labute approximate surface area is 197 Å². The predicted octanol–water partition coefficient (Wildman–Crippen LogP) is 9.13. The molecule has 0 N–H and O–H groups in total. The highest BCUT2D eigenvalue weighted by atomic mass is 32.2. The van der Waals surface area contributed by atoms with Crippen LogP contribution in [0.4, 0.5) is 18.9 Å². The summed E-state index contributed by atoms with van der Waals surface area (Å²) in [5.74, 6) is 1.75. The van der Waals surface area contributed by atoms with Crippen LogP contribution in [0.3, 0.4) is 0 Å². The highest BCUT2D eigenvalue weighted by Crippen LogP contribution is 2.44. The molecule has 6 heteroatoms. The van der Waals surface area contributed by atoms with Gasteiger partial charge < -0.3 is 0 Å². The SMILES string of the molecule is FC(F)(F)c1cccc(SC=CC(=Nc2ccccc2)SC2CCC3CCCCC3C2)c1. The Bertz CT molecular complexity index is 940. The largest absolute Gasteiger partial charge is 0.416 e. The minimum Gasteiger partial charge on any atom is -0.242 e. The van der Waals surface area contributed by atoms with E-state index in [0.29, 0.717) is 10.1 Å². The molecule has 0 radical (unpaired) electrons. The molecular formula is C26H28F3NS2. The number of thioether (sulfide) groups is 2. The topological polar surface area (TPSA) is 12.4 Å². The molecule has 0 bridgehead atoms. The van der Waals surface area contributed by atoms with Gasteiger partial charge in [-0.25, -0.2) is 4.99 Å². The molecule has 2 saturated carbocycles. The molecule has 0 aliphatic heterocycles. The quantitative estimate of drug-likeness (QED) is 0.243. The molecule has 32 heavy (non-hydrogen) atoms. The van der Waals surface area contributed by atoms with E-state index in [2.05, 4.69) is 0 Å². The molecule has 2 aliphatic rings. The molecule has 2 fully saturated rings. The fraction of sp³-hybridized carbons (Fsp3) is 0.423. The van der Waals surface area contributed by atoms with E-state index in [1.165, 1.54) is 68.8 Å². The number of fused-ring (bicyclic) bond motifs is 1. The van der Waals surface area contributed by atoms with Crippen molar-refractivity contribution in [3.05, 3.63) is 71.6 Å². The Kier molecular flexibility index (Phi) is 8.06. The minimum absolute atomic E-state index is 0.556. The summed E-state index contributed by atoms with van der Waals surface area (Å²) < 4.78 is 39.0. The van der Waals surface area contributed by atoms with E-state index in [-0.39, 0.29) is 0 Å². The van der Waals surface area contributed by atoms with Gasteiger partial charge in [0.15, 0.2) is 0 Å². The Morgan fingerprint density at radius 3 is 2.47 bits per heavy atom. The van der Waals surface area contributed by atoms with Crippen LogP contribution in [-0.4, -0.2) is 10.3 Å². The number of aliphatic imine (C=N–C) groups is 1. The van der Waals surface area contributed by atoms with Crippen LogP contribution in [-0.2, 0) is 6.18 Å². The van der Waals surface area contributed by atoms with Gasteiger partial charge in [0.2, 0.25) is 0 Å². The number of hydrogen-bond donors (Lipinski definition) is 0. The van der Waals surface area contributed by atoms with Gasteiger partial charge in [0, 0.05) is 10.1 Å². The third kappa shape index (κ3) is 6.67. The maximum absolute atomic E-state index is 13.0. The first kappa shape index (κ1) is 23.5. The first-order chi connectivity index (χ1) is 15.5. The Balaban J connectivity index is 1.46. The zero-order chi connectivity index (χ0) is 22.4. The van der Waals surface area contributed by atoms with Crippen LogP contribution < -0.4 is 0 Å². The van der Waals surface area contributed by atoms with E-state index >= 15 is 0 Å². The van der Waals surface area contributed by atoms with Crippen molar-refractivity contribution in [1.29, 1.82) is 0 Å². The minimum atomic E-state index is -4.33. The van der Waals surface area contributed by atoms with Crippen LogP contribution in [0.25, 0.3) is 0 Å². The van der Waals surface area contributed by atoms with Crippen LogP contribution in [0.1, 0.15) is 50.5 Å². The van der Waals surface area contributed by atoms with Crippen LogP contribution in [0, 0.1) is 11.8 Å². The molecule has 170 valence electrons. The van der Waals surface area contributed by atoms with Crippen molar-refractivity contribution in [3.63, 3.8) is 0 Å². The lowest BCUT2D eigenvalue weighted by molar-refractivity contribution is -0.137. The van der Waals surface area contributed by atoms with E-state index in [1.54, 1.807) is 6.07 Å². The molecule has 1 nitrogen and oxygen atoms in total. The number of benzene rings is 2. The summed E-state index contributed by atoms with van der Waals surface area (Å²) in [6, 6.07) is 15.3. The van der Waals surface area contributed by atoms with Gasteiger partial charge in [0.25, 0.3) is 0 Å². The van der Waals surface area contributed by atoms with Crippen LogP contribution in [0.2, 0.25) is 0 Å². The molecule has 2 aliphatic carbocycles. The van der Waals surface area contributed by atoms with E-state index in [1.807, 2.05) is 53.6 Å². The van der Waals surface area contributed by atoms with Crippen LogP contribution >= 0.6 is 23.5 Å². The maximum Gasteiger partial charge on any atom is 0.416 e. The number of alkyl halides is 3. The molecular weight excluding hydrogens is 447 g/mol. The van der Waals surface area contributed by atoms with Gasteiger partial charge in [-0.2, -0.15) is 13.2 Å². The summed E-state index contributed by atoms with van der Waals surface area (Å²) in [4.78, 5) is 5.42. The molecule has 0 spiro atoms. The number of para-hydroxylation sites is 1. The lowest BCUT2D eigenvalue weighted by Crippen LogP contribution is -2.29. The van der Waals surface area contributed by atoms with Gasteiger partial charge >= 0.3 is 6.18 Å². The lowest BCUT2D eigenvalue weighted by atomic mass is 9.71. The van der Waals surface area contributed by atoms with Gasteiger partial charge in [-0.15, -0.1) is 11.8 Å². The smallest absolute Gasteiger partial charge is 0.242 e. The van der Waals surface area contributed by atoms with E-state index in [9.17, 15) is 13.2 Å². The van der Waals surface area contributed by atoms with E-state index < -0.39 is 11.7 Å². The summed E-state index contributed by atoms with van der Waals surface area (Å²) in [5.41, 5.74) is 0.280. The molecule has 3 unspecified atom stereocenters. The van der Waals surface area contributed by atoms with E-state index in [4.69, 9.17) is 4.99 Å². The summed E-state index contributed by atoms with van der Waals surface area (Å²) in [6.45, 7) is 0. The fourth-order valence-electron chi connectivity index (χ4n) is 4.76. The second-order valence-electron chi connectivity index (χ2n) is 8.59. The van der Waals surface area contributed by atoms with Gasteiger partial charge in [0.1, 0.15) is 0 Å². The number of hydrogen-bond acceptors (Lipinski definition) is 3. The van der Waals surface area contributed by atoms with Gasteiger partial charge in [-0.1, -0.05) is 61.7 Å². The van der Waals surface area contributed by atoms with Crippen molar-refractivity contribution >= 4 is 34.3 Å². The molecule has 0 saturated heterocycles. The predicted molar refractivity (Wildman–Crippen MR) is 131 cm³/mol. The first-order valence-corrected chi connectivity index (χ1v) is 13.0. The first-order valence-electron chi connectivity index (χ1n) is 11.3. The average Bonchev–Trinajstić information content (AvgIpc) is 2.79. The number of rotatable bonds is 5.